The van der Waals surface area contributed by atoms with Gasteiger partial charge in [-0.1, -0.05) is 0 Å². The van der Waals surface area contributed by atoms with Crippen LogP contribution in [0.2, 0.25) is 0 Å². The maximum atomic E-state index is 13.0. The van der Waals surface area contributed by atoms with Crippen LogP contribution in [0.15, 0.2) is 30.3 Å². The summed E-state index contributed by atoms with van der Waals surface area (Å²) in [5.74, 6) is 0.129. The number of nitrogens with zero attached hydrogens (tertiary/aromatic N) is 2. The summed E-state index contributed by atoms with van der Waals surface area (Å²) in [6, 6.07) is 6.08. The maximum Gasteiger partial charge on any atom is 0.416 e. The average Bonchev–Trinajstić information content (AvgIpc) is 2.83. The minimum atomic E-state index is -4.67. The number of halogens is 3. The molecule has 35 heavy (non-hydrogen) atoms. The van der Waals surface area contributed by atoms with E-state index >= 15 is 0 Å². The Morgan fingerprint density at radius 1 is 1.26 bits per heavy atom. The summed E-state index contributed by atoms with van der Waals surface area (Å²) in [6.07, 6.45) is -3.88. The number of nitro groups is 1. The number of hydrogen-bond donors (Lipinski definition) is 1. The van der Waals surface area contributed by atoms with Crippen molar-refractivity contribution in [3.05, 3.63) is 57.1 Å². The summed E-state index contributed by atoms with van der Waals surface area (Å²) in [4.78, 5) is 25.2. The highest BCUT2D eigenvalue weighted by Crippen LogP contribution is 2.38. The second-order valence-electron chi connectivity index (χ2n) is 8.38. The smallest absolute Gasteiger partial charge is 0.416 e. The van der Waals surface area contributed by atoms with Crippen LogP contribution in [0, 0.1) is 16.0 Å². The highest BCUT2D eigenvalue weighted by Gasteiger charge is 2.35. The van der Waals surface area contributed by atoms with Gasteiger partial charge in [0.15, 0.2) is 6.79 Å². The number of amides is 1. The molecule has 2 aliphatic rings. The Labute approximate surface area is 198 Å². The third kappa shape index (κ3) is 5.49. The molecular formula is C23H24F3N3O6. The van der Waals surface area contributed by atoms with E-state index < -0.39 is 22.4 Å². The Balaban J connectivity index is 1.44. The topological polar surface area (TPSA) is 103 Å². The van der Waals surface area contributed by atoms with Crippen LogP contribution >= 0.6 is 0 Å². The molecule has 9 nitrogen and oxygen atoms in total. The Morgan fingerprint density at radius 2 is 2.00 bits per heavy atom. The highest BCUT2D eigenvalue weighted by atomic mass is 19.4. The molecule has 0 radical (unpaired) electrons. The van der Waals surface area contributed by atoms with Crippen molar-refractivity contribution in [3.8, 4) is 5.75 Å². The quantitative estimate of drug-likeness (QED) is 0.466. The molecule has 0 bridgehead atoms. The Kier molecular flexibility index (Phi) is 7.13. The van der Waals surface area contributed by atoms with Crippen LogP contribution in [0.4, 0.5) is 30.2 Å². The number of anilines is 2. The number of fused-ring (bicyclic) bond motifs is 1. The van der Waals surface area contributed by atoms with Gasteiger partial charge < -0.3 is 24.4 Å². The summed E-state index contributed by atoms with van der Waals surface area (Å²) in [5.41, 5.74) is 0.595. The Morgan fingerprint density at radius 3 is 2.66 bits per heavy atom. The van der Waals surface area contributed by atoms with Gasteiger partial charge in [0, 0.05) is 49.0 Å². The van der Waals surface area contributed by atoms with Gasteiger partial charge in [-0.25, -0.2) is 0 Å². The number of piperidine rings is 1. The maximum absolute atomic E-state index is 13.0. The van der Waals surface area contributed by atoms with Crippen molar-refractivity contribution in [2.24, 2.45) is 5.92 Å². The number of methoxy groups -OCH3 is 1. The number of carbonyl (C=O) groups excluding carboxylic acids is 1. The molecule has 0 aromatic heterocycles. The number of alkyl halides is 3. The van der Waals surface area contributed by atoms with E-state index in [1.165, 1.54) is 0 Å². The van der Waals surface area contributed by atoms with Crippen LogP contribution in [0.5, 0.6) is 5.75 Å². The molecule has 12 heteroatoms. The van der Waals surface area contributed by atoms with Crippen LogP contribution in [0.3, 0.4) is 0 Å². The van der Waals surface area contributed by atoms with Crippen molar-refractivity contribution in [2.45, 2.75) is 32.2 Å². The number of nitrogens with one attached hydrogen (secondary N) is 1. The number of nitro benzene ring substituents is 1. The largest absolute Gasteiger partial charge is 0.467 e. The first kappa shape index (κ1) is 24.7. The van der Waals surface area contributed by atoms with Gasteiger partial charge in [0.05, 0.1) is 23.7 Å². The van der Waals surface area contributed by atoms with Gasteiger partial charge in [-0.05, 0) is 37.1 Å². The van der Waals surface area contributed by atoms with Crippen LogP contribution in [0.1, 0.15) is 29.5 Å². The Bertz CT molecular complexity index is 1120. The molecule has 2 aliphatic heterocycles. The van der Waals surface area contributed by atoms with E-state index in [0.717, 1.165) is 23.3 Å². The summed E-state index contributed by atoms with van der Waals surface area (Å²) in [7, 11) is 1.56. The lowest BCUT2D eigenvalue weighted by Crippen LogP contribution is -2.38. The van der Waals surface area contributed by atoms with Crippen molar-refractivity contribution < 1.29 is 37.1 Å². The van der Waals surface area contributed by atoms with Crippen molar-refractivity contribution in [3.63, 3.8) is 0 Å². The lowest BCUT2D eigenvalue weighted by Gasteiger charge is -2.33. The van der Waals surface area contributed by atoms with E-state index in [9.17, 15) is 28.1 Å². The Hall–Kier alpha value is -3.38. The van der Waals surface area contributed by atoms with Crippen LogP contribution < -0.4 is 15.0 Å². The molecule has 4 rings (SSSR count). The van der Waals surface area contributed by atoms with Crippen LogP contribution in [0.25, 0.3) is 0 Å². The van der Waals surface area contributed by atoms with Crippen molar-refractivity contribution in [2.75, 3.05) is 37.2 Å². The number of ether oxygens (including phenoxy) is 3. The van der Waals surface area contributed by atoms with Gasteiger partial charge >= 0.3 is 6.18 Å². The summed E-state index contributed by atoms with van der Waals surface area (Å²) >= 11 is 0. The molecule has 0 atom stereocenters. The zero-order chi connectivity index (χ0) is 25.2. The van der Waals surface area contributed by atoms with E-state index in [1.807, 2.05) is 0 Å². The number of rotatable bonds is 6. The van der Waals surface area contributed by atoms with E-state index in [0.29, 0.717) is 56.6 Å². The van der Waals surface area contributed by atoms with E-state index in [2.05, 4.69) is 5.32 Å². The summed E-state index contributed by atoms with van der Waals surface area (Å²) in [5, 5.41) is 14.3. The fourth-order valence-corrected chi connectivity index (χ4v) is 4.37. The van der Waals surface area contributed by atoms with Gasteiger partial charge in [-0.2, -0.15) is 13.2 Å². The molecule has 2 aromatic rings. The van der Waals surface area contributed by atoms with Crippen LogP contribution in [-0.4, -0.2) is 37.8 Å². The third-order valence-corrected chi connectivity index (χ3v) is 6.06. The number of benzene rings is 2. The second-order valence-corrected chi connectivity index (χ2v) is 8.38. The van der Waals surface area contributed by atoms with Crippen LogP contribution in [-0.2, 0) is 33.7 Å². The molecule has 0 aliphatic carbocycles. The average molecular weight is 495 g/mol. The molecule has 0 spiro atoms. The van der Waals surface area contributed by atoms with Gasteiger partial charge in [0.2, 0.25) is 5.91 Å². The number of carbonyl (C=O) groups is 1. The predicted molar refractivity (Wildman–Crippen MR) is 119 cm³/mol. The standard InChI is InChI=1S/C23H24F3N3O6/c1-33-11-15-8-18(9-16-12-34-13-35-21(15)16)27-22(30)14-4-6-28(7-5-14)19-3-2-17(23(24,25)26)10-20(19)29(31)32/h2-3,8-10,14H,4-7,11-13H2,1H3,(H,27,30). The minimum absolute atomic E-state index is 0.112. The van der Waals surface area contributed by atoms with Crippen molar-refractivity contribution >= 4 is 23.0 Å². The summed E-state index contributed by atoms with van der Waals surface area (Å²) < 4.78 is 55.1. The predicted octanol–water partition coefficient (Wildman–Crippen LogP) is 4.48. The van der Waals surface area contributed by atoms with Gasteiger partial charge in [0.25, 0.3) is 5.69 Å². The molecule has 2 aromatic carbocycles. The SMILES string of the molecule is COCc1cc(NC(=O)C2CCN(c3ccc(C(F)(F)F)cc3[N+](=O)[O-])CC2)cc2c1OCOC2. The summed E-state index contributed by atoms with van der Waals surface area (Å²) in [6.45, 7) is 1.39. The molecule has 1 N–H and O–H groups in total. The van der Waals surface area contributed by atoms with E-state index in [-0.39, 0.29) is 24.3 Å². The van der Waals surface area contributed by atoms with E-state index in [4.69, 9.17) is 14.2 Å². The lowest BCUT2D eigenvalue weighted by molar-refractivity contribution is -0.384. The van der Waals surface area contributed by atoms with Crippen molar-refractivity contribution in [1.82, 2.24) is 0 Å². The molecule has 0 saturated carbocycles. The molecule has 0 unspecified atom stereocenters. The number of hydrogen-bond acceptors (Lipinski definition) is 7. The first-order chi connectivity index (χ1) is 16.7. The minimum Gasteiger partial charge on any atom is -0.467 e. The van der Waals surface area contributed by atoms with E-state index in [1.54, 1.807) is 24.1 Å². The molecule has 1 amide bonds. The molecular weight excluding hydrogens is 471 g/mol. The normalized spacial score (nSPS) is 16.4. The molecule has 1 saturated heterocycles. The highest BCUT2D eigenvalue weighted by molar-refractivity contribution is 5.93. The molecule has 1 fully saturated rings. The lowest BCUT2D eigenvalue weighted by atomic mass is 9.95. The molecule has 2 heterocycles. The second kappa shape index (κ2) is 10.1. The first-order valence-electron chi connectivity index (χ1n) is 10.9. The fraction of sp³-hybridized carbons (Fsp3) is 0.435. The van der Waals surface area contributed by atoms with Gasteiger partial charge in [-0.15, -0.1) is 0 Å². The monoisotopic (exact) mass is 495 g/mol. The first-order valence-corrected chi connectivity index (χ1v) is 10.9. The zero-order valence-corrected chi connectivity index (χ0v) is 18.9. The molecule has 188 valence electrons. The third-order valence-electron chi connectivity index (χ3n) is 6.06. The van der Waals surface area contributed by atoms with Gasteiger partial charge in [0.1, 0.15) is 11.4 Å². The fourth-order valence-electron chi connectivity index (χ4n) is 4.37. The van der Waals surface area contributed by atoms with Gasteiger partial charge in [-0.3, -0.25) is 14.9 Å². The zero-order valence-electron chi connectivity index (χ0n) is 18.9. The van der Waals surface area contributed by atoms with Crippen molar-refractivity contribution in [1.29, 1.82) is 0 Å².